The molecule has 0 fully saturated rings. The molecule has 0 bridgehead atoms. The molecule has 0 saturated carbocycles. The van der Waals surface area contributed by atoms with Gasteiger partial charge in [-0.3, -0.25) is 0 Å². The molecule has 0 aromatic carbocycles. The molecule has 0 aliphatic heterocycles. The lowest BCUT2D eigenvalue weighted by atomic mass is 10.0. The van der Waals surface area contributed by atoms with Gasteiger partial charge in [-0.25, -0.2) is 8.78 Å². The Balaban J connectivity index is 3.10. The van der Waals surface area contributed by atoms with E-state index >= 15 is 0 Å². The van der Waals surface area contributed by atoms with E-state index in [4.69, 9.17) is 0 Å². The fourth-order valence-electron chi connectivity index (χ4n) is 0.489. The van der Waals surface area contributed by atoms with Crippen LogP contribution in [0.4, 0.5) is 17.6 Å². The van der Waals surface area contributed by atoms with Crippen LogP contribution in [0.3, 0.4) is 0 Å². The molecule has 0 aromatic heterocycles. The van der Waals surface area contributed by atoms with E-state index in [0.29, 0.717) is 0 Å². The van der Waals surface area contributed by atoms with E-state index in [1.807, 2.05) is 0 Å². The zero-order valence-corrected chi connectivity index (χ0v) is 5.78. The van der Waals surface area contributed by atoms with Crippen LogP contribution in [0.25, 0.3) is 0 Å². The Morgan fingerprint density at radius 3 is 1.50 bits per heavy atom. The van der Waals surface area contributed by atoms with Crippen molar-refractivity contribution >= 4 is 23.2 Å². The summed E-state index contributed by atoms with van der Waals surface area (Å²) in [6, 6.07) is 0. The topological polar surface area (TPSA) is 0 Å². The van der Waals surface area contributed by atoms with E-state index < -0.39 is 21.9 Å². The van der Waals surface area contributed by atoms with E-state index in [9.17, 15) is 17.6 Å². The number of alkyl halides is 4. The summed E-state index contributed by atoms with van der Waals surface area (Å²) in [6.45, 7) is 0. The lowest BCUT2D eigenvalue weighted by Crippen LogP contribution is -2.49. The summed E-state index contributed by atoms with van der Waals surface area (Å²) in [6.07, 6.45) is 0. The van der Waals surface area contributed by atoms with Crippen molar-refractivity contribution in [2.45, 2.75) is 10.3 Å². The third-order valence-corrected chi connectivity index (χ3v) is 1.94. The van der Waals surface area contributed by atoms with Gasteiger partial charge in [-0.05, 0) is 0 Å². The van der Waals surface area contributed by atoms with Gasteiger partial charge in [0.2, 0.25) is 10.2 Å². The van der Waals surface area contributed by atoms with Crippen molar-refractivity contribution in [2.75, 3.05) is 0 Å². The number of halogens is 6. The van der Waals surface area contributed by atoms with Crippen molar-refractivity contribution in [3.05, 3.63) is 11.7 Å². The van der Waals surface area contributed by atoms with Gasteiger partial charge in [-0.1, -0.05) is 23.2 Å². The molecule has 0 amide bonds. The van der Waals surface area contributed by atoms with Gasteiger partial charge in [-0.2, -0.15) is 8.78 Å². The first-order chi connectivity index (χ1) is 4.32. The quantitative estimate of drug-likeness (QED) is 0.411. The van der Waals surface area contributed by atoms with E-state index in [-0.39, 0.29) is 0 Å². The van der Waals surface area contributed by atoms with Gasteiger partial charge < -0.3 is 0 Å². The lowest BCUT2D eigenvalue weighted by Gasteiger charge is -2.35. The number of hydrogen-bond acceptors (Lipinski definition) is 0. The maximum Gasteiger partial charge on any atom is 0.340 e. The fourth-order valence-corrected chi connectivity index (χ4v) is 0.821. The standard InChI is InChI=1S/C4Cl2F4/c5-3(6)1(7)2(8)4(3,9)10. The molecular weight excluding hydrogens is 195 g/mol. The highest BCUT2D eigenvalue weighted by atomic mass is 35.5. The molecule has 0 heterocycles. The first-order valence-electron chi connectivity index (χ1n) is 2.13. The molecule has 0 nitrogen and oxygen atoms in total. The monoisotopic (exact) mass is 194 g/mol. The van der Waals surface area contributed by atoms with E-state index in [1.54, 1.807) is 0 Å². The van der Waals surface area contributed by atoms with Gasteiger partial charge >= 0.3 is 5.92 Å². The first kappa shape index (κ1) is 8.14. The van der Waals surface area contributed by atoms with Gasteiger partial charge in [0, 0.05) is 0 Å². The second kappa shape index (κ2) is 1.80. The number of allylic oxidation sites excluding steroid dienone is 2. The molecule has 0 unspecified atom stereocenters. The largest absolute Gasteiger partial charge is 0.340 e. The Morgan fingerprint density at radius 1 is 1.00 bits per heavy atom. The normalized spacial score (nSPS) is 28.2. The van der Waals surface area contributed by atoms with Gasteiger partial charge in [0.1, 0.15) is 0 Å². The minimum atomic E-state index is -4.08. The van der Waals surface area contributed by atoms with Crippen molar-refractivity contribution < 1.29 is 17.6 Å². The summed E-state index contributed by atoms with van der Waals surface area (Å²) in [4.78, 5) is 0. The SMILES string of the molecule is FC1=C(F)C(Cl)(Cl)C1(F)F. The van der Waals surface area contributed by atoms with Gasteiger partial charge in [0.25, 0.3) is 0 Å². The Morgan fingerprint density at radius 2 is 1.40 bits per heavy atom. The molecule has 1 aliphatic rings. The van der Waals surface area contributed by atoms with Crippen molar-refractivity contribution in [3.63, 3.8) is 0 Å². The molecule has 6 heteroatoms. The minimum absolute atomic E-state index is 1.80. The Kier molecular flexibility index (Phi) is 1.46. The summed E-state index contributed by atoms with van der Waals surface area (Å²) >= 11 is 9.37. The zero-order chi connectivity index (χ0) is 8.15. The van der Waals surface area contributed by atoms with Crippen molar-refractivity contribution in [3.8, 4) is 0 Å². The zero-order valence-electron chi connectivity index (χ0n) is 4.27. The van der Waals surface area contributed by atoms with E-state index in [1.165, 1.54) is 0 Å². The van der Waals surface area contributed by atoms with Crippen LogP contribution in [0.1, 0.15) is 0 Å². The van der Waals surface area contributed by atoms with Crippen LogP contribution < -0.4 is 0 Å². The van der Waals surface area contributed by atoms with Crippen molar-refractivity contribution in [1.29, 1.82) is 0 Å². The van der Waals surface area contributed by atoms with Crippen LogP contribution in [0, 0.1) is 0 Å². The Labute approximate surface area is 63.4 Å². The molecule has 0 atom stereocenters. The summed E-state index contributed by atoms with van der Waals surface area (Å²) in [5.74, 6) is -8.07. The average molecular weight is 195 g/mol. The molecule has 1 aliphatic carbocycles. The average Bonchev–Trinajstić information content (AvgIpc) is 1.84. The molecule has 10 heavy (non-hydrogen) atoms. The highest BCUT2D eigenvalue weighted by Gasteiger charge is 2.69. The van der Waals surface area contributed by atoms with Crippen LogP contribution in [-0.4, -0.2) is 10.3 Å². The molecule has 58 valence electrons. The highest BCUT2D eigenvalue weighted by molar-refractivity contribution is 6.52. The second-order valence-electron chi connectivity index (χ2n) is 1.78. The Bertz CT molecular complexity index is 185. The van der Waals surface area contributed by atoms with Gasteiger partial charge in [0.05, 0.1) is 0 Å². The minimum Gasteiger partial charge on any atom is -0.205 e. The maximum absolute atomic E-state index is 12.0. The summed E-state index contributed by atoms with van der Waals surface area (Å²) < 4.78 is 44.8. The van der Waals surface area contributed by atoms with Gasteiger partial charge in [0.15, 0.2) is 5.83 Å². The fraction of sp³-hybridized carbons (Fsp3) is 0.500. The molecule has 1 rings (SSSR count). The molecule has 0 radical (unpaired) electrons. The molecule has 0 aromatic rings. The Hall–Kier alpha value is 0.0400. The smallest absolute Gasteiger partial charge is 0.205 e. The molecule has 0 spiro atoms. The third kappa shape index (κ3) is 0.636. The van der Waals surface area contributed by atoms with Gasteiger partial charge in [-0.15, -0.1) is 0 Å². The lowest BCUT2D eigenvalue weighted by molar-refractivity contribution is -0.0309. The number of rotatable bonds is 0. The van der Waals surface area contributed by atoms with Crippen molar-refractivity contribution in [2.24, 2.45) is 0 Å². The highest BCUT2D eigenvalue weighted by Crippen LogP contribution is 2.59. The molecular formula is C4Cl2F4. The third-order valence-electron chi connectivity index (χ3n) is 1.14. The van der Waals surface area contributed by atoms with Crippen molar-refractivity contribution in [1.82, 2.24) is 0 Å². The van der Waals surface area contributed by atoms with E-state index in [0.717, 1.165) is 0 Å². The van der Waals surface area contributed by atoms with Crippen LogP contribution in [0.2, 0.25) is 0 Å². The summed E-state index contributed by atoms with van der Waals surface area (Å²) in [5.41, 5.74) is 0. The molecule has 0 N–H and O–H groups in total. The summed E-state index contributed by atoms with van der Waals surface area (Å²) in [7, 11) is 0. The predicted molar refractivity (Wildman–Crippen MR) is 28.6 cm³/mol. The predicted octanol–water partition coefficient (Wildman–Crippen LogP) is 2.96. The van der Waals surface area contributed by atoms with Crippen LogP contribution in [-0.2, 0) is 0 Å². The first-order valence-corrected chi connectivity index (χ1v) is 2.89. The van der Waals surface area contributed by atoms with Crippen LogP contribution >= 0.6 is 23.2 Å². The second-order valence-corrected chi connectivity index (χ2v) is 3.10. The van der Waals surface area contributed by atoms with E-state index in [2.05, 4.69) is 23.2 Å². The van der Waals surface area contributed by atoms with Crippen LogP contribution in [0.15, 0.2) is 11.7 Å². The molecule has 0 saturated heterocycles. The van der Waals surface area contributed by atoms with Crippen LogP contribution in [0.5, 0.6) is 0 Å². The maximum atomic E-state index is 12.0. The summed E-state index contributed by atoms with van der Waals surface area (Å²) in [5, 5.41) is 0. The number of hydrogen-bond donors (Lipinski definition) is 0.